The average molecular weight is 194 g/mol. The van der Waals surface area contributed by atoms with Crippen LogP contribution in [-0.2, 0) is 6.54 Å². The highest BCUT2D eigenvalue weighted by atomic mass is 16.4. The molecule has 0 atom stereocenters. The number of nitrogens with two attached hydrogens (primary N) is 1. The Balaban J connectivity index is 3.14. The third-order valence-corrected chi connectivity index (χ3v) is 1.88. The standard InChI is InChI=1S/C10H14N2O2/c1-12(2)6-7-4-3-5-8(11)9(7)10(13)14/h3-5H,6,11H2,1-2H3,(H,13,14). The molecule has 0 fully saturated rings. The van der Waals surface area contributed by atoms with Gasteiger partial charge in [-0.05, 0) is 25.7 Å². The Kier molecular flexibility index (Phi) is 3.09. The molecule has 0 amide bonds. The molecule has 0 unspecified atom stereocenters. The van der Waals surface area contributed by atoms with Crippen molar-refractivity contribution in [1.82, 2.24) is 4.90 Å². The maximum Gasteiger partial charge on any atom is 0.338 e. The maximum absolute atomic E-state index is 10.9. The lowest BCUT2D eigenvalue weighted by Crippen LogP contribution is -2.15. The number of anilines is 1. The molecule has 1 aromatic rings. The zero-order valence-electron chi connectivity index (χ0n) is 8.32. The first-order valence-corrected chi connectivity index (χ1v) is 4.27. The third-order valence-electron chi connectivity index (χ3n) is 1.88. The van der Waals surface area contributed by atoms with Crippen LogP contribution >= 0.6 is 0 Å². The predicted octanol–water partition coefficient (Wildman–Crippen LogP) is 1.03. The van der Waals surface area contributed by atoms with Crippen LogP contribution in [0.3, 0.4) is 0 Å². The summed E-state index contributed by atoms with van der Waals surface area (Å²) in [6.07, 6.45) is 0. The van der Waals surface area contributed by atoms with Gasteiger partial charge in [0.25, 0.3) is 0 Å². The number of carbonyl (C=O) groups is 1. The third kappa shape index (κ3) is 2.23. The summed E-state index contributed by atoms with van der Waals surface area (Å²) in [7, 11) is 3.77. The lowest BCUT2D eigenvalue weighted by molar-refractivity contribution is 0.0696. The second-order valence-corrected chi connectivity index (χ2v) is 3.42. The molecule has 1 aromatic carbocycles. The first kappa shape index (κ1) is 10.5. The Morgan fingerprint density at radius 3 is 2.64 bits per heavy atom. The number of carboxylic acid groups (broad SMARTS) is 1. The van der Waals surface area contributed by atoms with Crippen LogP contribution in [0.15, 0.2) is 18.2 Å². The van der Waals surface area contributed by atoms with Crippen LogP contribution in [-0.4, -0.2) is 30.1 Å². The quantitative estimate of drug-likeness (QED) is 0.705. The highest BCUT2D eigenvalue weighted by molar-refractivity contribution is 5.95. The van der Waals surface area contributed by atoms with E-state index in [0.29, 0.717) is 12.2 Å². The molecule has 4 heteroatoms. The molecule has 0 aliphatic heterocycles. The summed E-state index contributed by atoms with van der Waals surface area (Å²) in [5.41, 5.74) is 6.86. The molecule has 4 nitrogen and oxygen atoms in total. The molecule has 0 aliphatic carbocycles. The number of hydrogen-bond acceptors (Lipinski definition) is 3. The van der Waals surface area contributed by atoms with Gasteiger partial charge < -0.3 is 15.7 Å². The predicted molar refractivity (Wildman–Crippen MR) is 55.2 cm³/mol. The molecular formula is C10H14N2O2. The largest absolute Gasteiger partial charge is 0.478 e. The van der Waals surface area contributed by atoms with Crippen LogP contribution in [0.2, 0.25) is 0 Å². The van der Waals surface area contributed by atoms with Crippen LogP contribution in [0.4, 0.5) is 5.69 Å². The van der Waals surface area contributed by atoms with Crippen molar-refractivity contribution in [2.75, 3.05) is 19.8 Å². The fraction of sp³-hybridized carbons (Fsp3) is 0.300. The average Bonchev–Trinajstić information content (AvgIpc) is 2.01. The van der Waals surface area contributed by atoms with E-state index in [1.165, 1.54) is 0 Å². The maximum atomic E-state index is 10.9. The molecule has 0 heterocycles. The first-order valence-electron chi connectivity index (χ1n) is 4.27. The smallest absolute Gasteiger partial charge is 0.338 e. The van der Waals surface area contributed by atoms with Crippen molar-refractivity contribution < 1.29 is 9.90 Å². The Bertz CT molecular complexity index is 348. The van der Waals surface area contributed by atoms with E-state index in [2.05, 4.69) is 0 Å². The molecule has 0 aliphatic rings. The molecule has 0 bridgehead atoms. The molecular weight excluding hydrogens is 180 g/mol. The highest BCUT2D eigenvalue weighted by Crippen LogP contribution is 2.17. The molecule has 1 rings (SSSR count). The van der Waals surface area contributed by atoms with E-state index in [1.807, 2.05) is 19.0 Å². The molecule has 0 radical (unpaired) electrons. The van der Waals surface area contributed by atoms with E-state index in [1.54, 1.807) is 18.2 Å². The molecule has 76 valence electrons. The van der Waals surface area contributed by atoms with Crippen LogP contribution in [0.1, 0.15) is 15.9 Å². The van der Waals surface area contributed by atoms with Crippen molar-refractivity contribution in [2.45, 2.75) is 6.54 Å². The fourth-order valence-electron chi connectivity index (χ4n) is 1.35. The Morgan fingerprint density at radius 1 is 1.50 bits per heavy atom. The number of carboxylic acids is 1. The minimum Gasteiger partial charge on any atom is -0.478 e. The van der Waals surface area contributed by atoms with Gasteiger partial charge in [0.1, 0.15) is 0 Å². The van der Waals surface area contributed by atoms with Gasteiger partial charge in [0, 0.05) is 12.2 Å². The summed E-state index contributed by atoms with van der Waals surface area (Å²) in [5, 5.41) is 8.96. The Morgan fingerprint density at radius 2 is 2.14 bits per heavy atom. The zero-order valence-corrected chi connectivity index (χ0v) is 8.32. The molecule has 0 saturated heterocycles. The molecule has 0 aromatic heterocycles. The number of hydrogen-bond donors (Lipinski definition) is 2. The van der Waals surface area contributed by atoms with E-state index in [4.69, 9.17) is 10.8 Å². The van der Waals surface area contributed by atoms with Gasteiger partial charge in [0.05, 0.1) is 5.56 Å². The summed E-state index contributed by atoms with van der Waals surface area (Å²) in [5.74, 6) is -0.972. The van der Waals surface area contributed by atoms with E-state index < -0.39 is 5.97 Å². The number of benzene rings is 1. The SMILES string of the molecule is CN(C)Cc1cccc(N)c1C(=O)O. The molecule has 3 N–H and O–H groups in total. The van der Waals surface area contributed by atoms with Gasteiger partial charge in [0.15, 0.2) is 0 Å². The number of nitrogens with zero attached hydrogens (tertiary/aromatic N) is 1. The monoisotopic (exact) mass is 194 g/mol. The minimum absolute atomic E-state index is 0.209. The second kappa shape index (κ2) is 4.11. The van der Waals surface area contributed by atoms with Gasteiger partial charge in [-0.15, -0.1) is 0 Å². The topological polar surface area (TPSA) is 66.6 Å². The van der Waals surface area contributed by atoms with Crippen molar-refractivity contribution in [2.24, 2.45) is 0 Å². The summed E-state index contributed by atoms with van der Waals surface area (Å²) in [6.45, 7) is 0.576. The van der Waals surface area contributed by atoms with Crippen molar-refractivity contribution in [3.63, 3.8) is 0 Å². The second-order valence-electron chi connectivity index (χ2n) is 3.42. The summed E-state index contributed by atoms with van der Waals surface area (Å²) < 4.78 is 0. The number of nitrogen functional groups attached to an aromatic ring is 1. The van der Waals surface area contributed by atoms with E-state index in [-0.39, 0.29) is 5.56 Å². The van der Waals surface area contributed by atoms with Crippen LogP contribution < -0.4 is 5.73 Å². The summed E-state index contributed by atoms with van der Waals surface area (Å²) in [6, 6.07) is 5.14. The Labute approximate surface area is 82.9 Å². The number of rotatable bonds is 3. The van der Waals surface area contributed by atoms with Gasteiger partial charge in [-0.2, -0.15) is 0 Å². The molecule has 0 spiro atoms. The van der Waals surface area contributed by atoms with Crippen LogP contribution in [0.5, 0.6) is 0 Å². The lowest BCUT2D eigenvalue weighted by Gasteiger charge is -2.13. The zero-order chi connectivity index (χ0) is 10.7. The van der Waals surface area contributed by atoms with Gasteiger partial charge in [0.2, 0.25) is 0 Å². The summed E-state index contributed by atoms with van der Waals surface area (Å²) >= 11 is 0. The van der Waals surface area contributed by atoms with Crippen molar-refractivity contribution in [1.29, 1.82) is 0 Å². The van der Waals surface area contributed by atoms with Crippen molar-refractivity contribution in [3.05, 3.63) is 29.3 Å². The fourth-order valence-corrected chi connectivity index (χ4v) is 1.35. The summed E-state index contributed by atoms with van der Waals surface area (Å²) in [4.78, 5) is 12.8. The van der Waals surface area contributed by atoms with Crippen molar-refractivity contribution in [3.8, 4) is 0 Å². The van der Waals surface area contributed by atoms with Gasteiger partial charge in [-0.25, -0.2) is 4.79 Å². The van der Waals surface area contributed by atoms with Gasteiger partial charge in [-0.1, -0.05) is 12.1 Å². The van der Waals surface area contributed by atoms with E-state index >= 15 is 0 Å². The number of aromatic carboxylic acids is 1. The Hall–Kier alpha value is -1.55. The molecule has 0 saturated carbocycles. The van der Waals surface area contributed by atoms with E-state index in [9.17, 15) is 4.79 Å². The van der Waals surface area contributed by atoms with Crippen LogP contribution in [0, 0.1) is 0 Å². The van der Waals surface area contributed by atoms with Crippen LogP contribution in [0.25, 0.3) is 0 Å². The minimum atomic E-state index is -0.972. The first-order chi connectivity index (χ1) is 6.52. The molecule has 14 heavy (non-hydrogen) atoms. The van der Waals surface area contributed by atoms with Gasteiger partial charge >= 0.3 is 5.97 Å². The van der Waals surface area contributed by atoms with E-state index in [0.717, 1.165) is 5.56 Å². The van der Waals surface area contributed by atoms with Gasteiger partial charge in [-0.3, -0.25) is 0 Å². The van der Waals surface area contributed by atoms with Crippen molar-refractivity contribution >= 4 is 11.7 Å². The lowest BCUT2D eigenvalue weighted by atomic mass is 10.1. The normalized spacial score (nSPS) is 10.5. The highest BCUT2D eigenvalue weighted by Gasteiger charge is 2.13.